The van der Waals surface area contributed by atoms with E-state index in [1.54, 1.807) is 0 Å². The van der Waals surface area contributed by atoms with Gasteiger partial charge in [-0.15, -0.1) is 0 Å². The molecule has 20 heavy (non-hydrogen) atoms. The molecule has 0 spiro atoms. The summed E-state index contributed by atoms with van der Waals surface area (Å²) < 4.78 is 0. The van der Waals surface area contributed by atoms with Crippen molar-refractivity contribution in [3.05, 3.63) is 11.4 Å². The average molecular weight is 279 g/mol. The number of aromatic nitrogens is 2. The van der Waals surface area contributed by atoms with Gasteiger partial charge >= 0.3 is 0 Å². The van der Waals surface area contributed by atoms with E-state index in [1.807, 2.05) is 0 Å². The van der Waals surface area contributed by atoms with Gasteiger partial charge < -0.3 is 16.0 Å². The number of nitrogens with one attached hydrogen (secondary N) is 2. The van der Waals surface area contributed by atoms with Crippen LogP contribution in [0.5, 0.6) is 0 Å². The van der Waals surface area contributed by atoms with Crippen molar-refractivity contribution in [1.82, 2.24) is 20.4 Å². The number of carbonyl (C=O) groups is 1. The van der Waals surface area contributed by atoms with E-state index in [-0.39, 0.29) is 5.91 Å². The molecule has 1 aromatic rings. The van der Waals surface area contributed by atoms with Gasteiger partial charge in [-0.05, 0) is 38.8 Å². The first-order chi connectivity index (χ1) is 9.61. The third kappa shape index (κ3) is 3.50. The van der Waals surface area contributed by atoms with Gasteiger partial charge in [0, 0.05) is 13.1 Å². The first-order valence-electron chi connectivity index (χ1n) is 7.41. The average Bonchev–Trinajstić information content (AvgIpc) is 2.78. The molecule has 6 nitrogen and oxygen atoms in total. The van der Waals surface area contributed by atoms with Gasteiger partial charge in [0.15, 0.2) is 5.69 Å². The largest absolute Gasteiger partial charge is 0.395 e. The second-order valence-electron chi connectivity index (χ2n) is 5.69. The molecule has 1 amide bonds. The van der Waals surface area contributed by atoms with Crippen LogP contribution in [0, 0.1) is 5.92 Å². The number of likely N-dealkylation sites (tertiary alicyclic amines) is 1. The summed E-state index contributed by atoms with van der Waals surface area (Å²) in [6.45, 7) is 4.95. The van der Waals surface area contributed by atoms with Crippen LogP contribution in [-0.4, -0.2) is 47.7 Å². The molecule has 2 rings (SSSR count). The molecule has 2 heterocycles. The summed E-state index contributed by atoms with van der Waals surface area (Å²) in [6, 6.07) is 0. The first kappa shape index (κ1) is 14.8. The van der Waals surface area contributed by atoms with Crippen LogP contribution in [0.4, 0.5) is 5.69 Å². The molecule has 1 unspecified atom stereocenters. The summed E-state index contributed by atoms with van der Waals surface area (Å²) in [6.07, 6.45) is 4.16. The quantitative estimate of drug-likeness (QED) is 0.751. The van der Waals surface area contributed by atoms with Gasteiger partial charge in [-0.1, -0.05) is 13.3 Å². The van der Waals surface area contributed by atoms with E-state index in [1.165, 1.54) is 12.8 Å². The van der Waals surface area contributed by atoms with Crippen LogP contribution >= 0.6 is 0 Å². The molecule has 0 saturated carbocycles. The molecule has 4 N–H and O–H groups in total. The summed E-state index contributed by atoms with van der Waals surface area (Å²) in [7, 11) is 2.12. The van der Waals surface area contributed by atoms with Gasteiger partial charge in [0.25, 0.3) is 5.91 Å². The van der Waals surface area contributed by atoms with Crippen molar-refractivity contribution in [2.24, 2.45) is 5.92 Å². The van der Waals surface area contributed by atoms with Crippen LogP contribution in [0.2, 0.25) is 0 Å². The Bertz CT molecular complexity index is 456. The molecule has 1 aliphatic rings. The molecular formula is C14H25N5O. The fourth-order valence-corrected chi connectivity index (χ4v) is 2.76. The maximum atomic E-state index is 12.1. The number of carbonyl (C=O) groups excluding carboxylic acids is 1. The predicted molar refractivity (Wildman–Crippen MR) is 79.5 cm³/mol. The van der Waals surface area contributed by atoms with Crippen LogP contribution in [0.1, 0.15) is 42.4 Å². The lowest BCUT2D eigenvalue weighted by atomic mass is 9.98. The van der Waals surface area contributed by atoms with Gasteiger partial charge in [0.1, 0.15) is 0 Å². The summed E-state index contributed by atoms with van der Waals surface area (Å²) in [5.74, 6) is 0.349. The minimum Gasteiger partial charge on any atom is -0.395 e. The lowest BCUT2D eigenvalue weighted by Gasteiger charge is -2.29. The molecule has 0 radical (unpaired) electrons. The van der Waals surface area contributed by atoms with Gasteiger partial charge in [-0.2, -0.15) is 5.10 Å². The Balaban J connectivity index is 1.88. The fourth-order valence-electron chi connectivity index (χ4n) is 2.76. The van der Waals surface area contributed by atoms with Crippen LogP contribution in [0.25, 0.3) is 0 Å². The molecule has 1 atom stereocenters. The van der Waals surface area contributed by atoms with E-state index in [4.69, 9.17) is 5.73 Å². The summed E-state index contributed by atoms with van der Waals surface area (Å²) in [5, 5.41) is 9.85. The van der Waals surface area contributed by atoms with Crippen LogP contribution in [0.15, 0.2) is 0 Å². The monoisotopic (exact) mass is 279 g/mol. The minimum atomic E-state index is -0.172. The van der Waals surface area contributed by atoms with Crippen LogP contribution in [-0.2, 0) is 6.42 Å². The number of nitrogens with two attached hydrogens (primary N) is 1. The Morgan fingerprint density at radius 2 is 2.40 bits per heavy atom. The van der Waals surface area contributed by atoms with Gasteiger partial charge in [-0.3, -0.25) is 9.89 Å². The highest BCUT2D eigenvalue weighted by molar-refractivity contribution is 5.97. The smallest absolute Gasteiger partial charge is 0.273 e. The Hall–Kier alpha value is -1.56. The summed E-state index contributed by atoms with van der Waals surface area (Å²) >= 11 is 0. The molecule has 112 valence electrons. The van der Waals surface area contributed by atoms with Gasteiger partial charge in [0.05, 0.1) is 11.4 Å². The fraction of sp³-hybridized carbons (Fsp3) is 0.714. The van der Waals surface area contributed by atoms with Crippen molar-refractivity contribution < 1.29 is 4.79 Å². The first-order valence-corrected chi connectivity index (χ1v) is 7.41. The zero-order valence-electron chi connectivity index (χ0n) is 12.4. The van der Waals surface area contributed by atoms with Crippen molar-refractivity contribution >= 4 is 11.6 Å². The maximum absolute atomic E-state index is 12.1. The molecule has 0 bridgehead atoms. The Labute approximate surface area is 120 Å². The lowest BCUT2D eigenvalue weighted by molar-refractivity contribution is 0.0932. The molecule has 6 heteroatoms. The Kier molecular flexibility index (Phi) is 5.00. The second kappa shape index (κ2) is 6.74. The Morgan fingerprint density at radius 3 is 3.10 bits per heavy atom. The number of aryl methyl sites for hydroxylation is 1. The molecule has 0 aliphatic carbocycles. The van der Waals surface area contributed by atoms with Gasteiger partial charge in [0.2, 0.25) is 0 Å². The van der Waals surface area contributed by atoms with Crippen molar-refractivity contribution in [2.75, 3.05) is 32.4 Å². The number of nitrogens with zero attached hydrogens (tertiary/aromatic N) is 2. The van der Waals surface area contributed by atoms with E-state index in [0.29, 0.717) is 23.8 Å². The molecule has 1 aromatic heterocycles. The SMILES string of the molecule is CCCc1[nH]nc(C(=O)NCC2CCCN(C)C2)c1N. The van der Waals surface area contributed by atoms with Crippen LogP contribution in [0.3, 0.4) is 0 Å². The molecule has 0 aromatic carbocycles. The number of piperidine rings is 1. The normalized spacial score (nSPS) is 20.0. The van der Waals surface area contributed by atoms with E-state index in [9.17, 15) is 4.79 Å². The number of H-pyrrole nitrogens is 1. The van der Waals surface area contributed by atoms with Crippen molar-refractivity contribution in [1.29, 1.82) is 0 Å². The molecule has 1 aliphatic heterocycles. The third-order valence-corrected chi connectivity index (χ3v) is 3.87. The highest BCUT2D eigenvalue weighted by Gasteiger charge is 2.20. The maximum Gasteiger partial charge on any atom is 0.273 e. The number of hydrogen-bond acceptors (Lipinski definition) is 4. The molecule has 1 saturated heterocycles. The number of aromatic amines is 1. The third-order valence-electron chi connectivity index (χ3n) is 3.87. The van der Waals surface area contributed by atoms with Crippen molar-refractivity contribution in [3.8, 4) is 0 Å². The van der Waals surface area contributed by atoms with E-state index >= 15 is 0 Å². The summed E-state index contributed by atoms with van der Waals surface area (Å²) in [5.41, 5.74) is 7.64. The highest BCUT2D eigenvalue weighted by Crippen LogP contribution is 2.17. The zero-order chi connectivity index (χ0) is 14.5. The number of amides is 1. The van der Waals surface area contributed by atoms with E-state index in [0.717, 1.165) is 31.6 Å². The number of rotatable bonds is 5. The van der Waals surface area contributed by atoms with Crippen molar-refractivity contribution in [2.45, 2.75) is 32.6 Å². The Morgan fingerprint density at radius 1 is 1.60 bits per heavy atom. The number of nitrogen functional groups attached to an aromatic ring is 1. The molecular weight excluding hydrogens is 254 g/mol. The number of anilines is 1. The minimum absolute atomic E-state index is 0.172. The molecule has 1 fully saturated rings. The van der Waals surface area contributed by atoms with Crippen molar-refractivity contribution in [3.63, 3.8) is 0 Å². The second-order valence-corrected chi connectivity index (χ2v) is 5.69. The highest BCUT2D eigenvalue weighted by atomic mass is 16.1. The summed E-state index contributed by atoms with van der Waals surface area (Å²) in [4.78, 5) is 14.4. The zero-order valence-corrected chi connectivity index (χ0v) is 12.4. The number of hydrogen-bond donors (Lipinski definition) is 3. The van der Waals surface area contributed by atoms with Crippen LogP contribution < -0.4 is 11.1 Å². The topological polar surface area (TPSA) is 87.0 Å². The van der Waals surface area contributed by atoms with Gasteiger partial charge in [-0.25, -0.2) is 0 Å². The standard InChI is InChI=1S/C14H25N5O/c1-3-5-11-12(15)13(18-17-11)14(20)16-8-10-6-4-7-19(2)9-10/h10H,3-9,15H2,1-2H3,(H,16,20)(H,17,18). The van der Waals surface area contributed by atoms with E-state index in [2.05, 4.69) is 34.4 Å². The van der Waals surface area contributed by atoms with E-state index < -0.39 is 0 Å². The predicted octanol–water partition coefficient (Wildman–Crippen LogP) is 1.02. The lowest BCUT2D eigenvalue weighted by Crippen LogP contribution is -2.39.